The number of hydrogen-bond donors (Lipinski definition) is 0. The minimum Gasteiger partial charge on any atom is -0.324 e. The lowest BCUT2D eigenvalue weighted by atomic mass is 10.2. The molecular weight excluding hydrogens is 322 g/mol. The van der Waals surface area contributed by atoms with E-state index in [1.807, 2.05) is 11.5 Å². The van der Waals surface area contributed by atoms with Gasteiger partial charge in [-0.05, 0) is 19.4 Å². The predicted octanol–water partition coefficient (Wildman–Crippen LogP) is 3.90. The lowest BCUT2D eigenvalue weighted by Crippen LogP contribution is -2.11. The van der Waals surface area contributed by atoms with Crippen LogP contribution in [0.5, 0.6) is 0 Å². The molecule has 0 aliphatic carbocycles. The fourth-order valence-electron chi connectivity index (χ4n) is 2.19. The molecule has 20 heavy (non-hydrogen) atoms. The molecule has 0 bridgehead atoms. The Morgan fingerprint density at radius 3 is 2.80 bits per heavy atom. The van der Waals surface area contributed by atoms with E-state index in [4.69, 9.17) is 23.2 Å². The van der Waals surface area contributed by atoms with E-state index in [0.29, 0.717) is 17.1 Å². The first-order valence-electron chi connectivity index (χ1n) is 6.16. The highest BCUT2D eigenvalue weighted by molar-refractivity contribution is 7.84. The maximum atomic E-state index is 13.5. The highest BCUT2D eigenvalue weighted by atomic mass is 35.5. The maximum Gasteiger partial charge on any atom is 0.144 e. The molecule has 0 saturated heterocycles. The molecule has 0 saturated carbocycles. The van der Waals surface area contributed by atoms with Crippen molar-refractivity contribution in [1.29, 1.82) is 0 Å². The third-order valence-corrected chi connectivity index (χ3v) is 4.53. The van der Waals surface area contributed by atoms with Crippen molar-refractivity contribution < 1.29 is 8.60 Å². The van der Waals surface area contributed by atoms with E-state index < -0.39 is 16.6 Å². The second-order valence-corrected chi connectivity index (χ2v) is 6.93. The van der Waals surface area contributed by atoms with Gasteiger partial charge in [0, 0.05) is 34.9 Å². The average molecular weight is 337 g/mol. The molecule has 0 aliphatic heterocycles. The van der Waals surface area contributed by atoms with E-state index in [-0.39, 0.29) is 16.9 Å². The zero-order chi connectivity index (χ0) is 14.9. The van der Waals surface area contributed by atoms with Gasteiger partial charge in [0.2, 0.25) is 0 Å². The van der Waals surface area contributed by atoms with E-state index in [1.165, 1.54) is 6.07 Å². The molecule has 110 valence electrons. The first-order chi connectivity index (χ1) is 9.43. The van der Waals surface area contributed by atoms with E-state index in [0.717, 1.165) is 11.9 Å². The monoisotopic (exact) mass is 336 g/mol. The van der Waals surface area contributed by atoms with Crippen LogP contribution in [-0.4, -0.2) is 25.8 Å². The smallest absolute Gasteiger partial charge is 0.144 e. The van der Waals surface area contributed by atoms with Crippen molar-refractivity contribution >= 4 is 45.0 Å². The summed E-state index contributed by atoms with van der Waals surface area (Å²) in [7, 11) is -0.851. The lowest BCUT2D eigenvalue weighted by Gasteiger charge is -2.16. The highest BCUT2D eigenvalue weighted by Crippen LogP contribution is 2.28. The molecule has 0 fully saturated rings. The first kappa shape index (κ1) is 15.7. The normalized spacial score (nSPS) is 14.7. The minimum atomic E-state index is -0.851. The molecule has 2 rings (SSSR count). The van der Waals surface area contributed by atoms with Gasteiger partial charge in [-0.25, -0.2) is 9.37 Å². The first-order valence-corrected chi connectivity index (χ1v) is 8.79. The molecule has 2 unspecified atom stereocenters. The number of hydrogen-bond acceptors (Lipinski definition) is 2. The molecule has 0 spiro atoms. The van der Waals surface area contributed by atoms with E-state index >= 15 is 0 Å². The Bertz CT molecular complexity index is 659. The topological polar surface area (TPSA) is 34.9 Å². The largest absolute Gasteiger partial charge is 0.324 e. The number of fused-ring (bicyclic) bond motifs is 1. The third-order valence-electron chi connectivity index (χ3n) is 3.19. The Balaban J connectivity index is 2.49. The van der Waals surface area contributed by atoms with Crippen molar-refractivity contribution in [3.63, 3.8) is 0 Å². The van der Waals surface area contributed by atoms with Gasteiger partial charge >= 0.3 is 0 Å². The minimum absolute atomic E-state index is 0.0611. The molecule has 0 aliphatic rings. The summed E-state index contributed by atoms with van der Waals surface area (Å²) in [6.07, 6.45) is 2.40. The van der Waals surface area contributed by atoms with Crippen LogP contribution in [0, 0.1) is 5.82 Å². The maximum absolute atomic E-state index is 13.5. The molecule has 0 radical (unpaired) electrons. The van der Waals surface area contributed by atoms with Gasteiger partial charge < -0.3 is 4.57 Å². The van der Waals surface area contributed by atoms with Crippen LogP contribution in [0.4, 0.5) is 4.39 Å². The van der Waals surface area contributed by atoms with Crippen molar-refractivity contribution in [2.24, 2.45) is 0 Å². The second-order valence-electron chi connectivity index (χ2n) is 4.70. The van der Waals surface area contributed by atoms with Crippen molar-refractivity contribution in [3.05, 3.63) is 28.8 Å². The molecule has 1 aromatic heterocycles. The summed E-state index contributed by atoms with van der Waals surface area (Å²) in [5.74, 6) is 0.996. The van der Waals surface area contributed by atoms with Crippen molar-refractivity contribution in [2.75, 3.05) is 12.0 Å². The number of aromatic nitrogens is 2. The Kier molecular flexibility index (Phi) is 5.04. The van der Waals surface area contributed by atoms with Gasteiger partial charge in [-0.15, -0.1) is 11.6 Å². The van der Waals surface area contributed by atoms with Gasteiger partial charge in [-0.2, -0.15) is 0 Å². The summed E-state index contributed by atoms with van der Waals surface area (Å²) in [5.41, 5.74) is 1.29. The Morgan fingerprint density at radius 1 is 1.50 bits per heavy atom. The van der Waals surface area contributed by atoms with Crippen LogP contribution in [0.3, 0.4) is 0 Å². The van der Waals surface area contributed by atoms with Gasteiger partial charge in [-0.3, -0.25) is 4.21 Å². The summed E-state index contributed by atoms with van der Waals surface area (Å²) in [6.45, 7) is 2.00. The van der Waals surface area contributed by atoms with Crippen molar-refractivity contribution in [3.8, 4) is 0 Å². The molecule has 1 heterocycles. The van der Waals surface area contributed by atoms with Gasteiger partial charge in [0.1, 0.15) is 11.6 Å². The van der Waals surface area contributed by atoms with E-state index in [2.05, 4.69) is 4.98 Å². The fraction of sp³-hybridized carbons (Fsp3) is 0.462. The van der Waals surface area contributed by atoms with E-state index in [1.54, 1.807) is 12.3 Å². The number of rotatable bonds is 5. The van der Waals surface area contributed by atoms with Crippen LogP contribution in [0.25, 0.3) is 11.0 Å². The molecule has 1 aromatic carbocycles. The van der Waals surface area contributed by atoms with Gasteiger partial charge in [0.25, 0.3) is 0 Å². The van der Waals surface area contributed by atoms with Crippen LogP contribution in [0.15, 0.2) is 12.1 Å². The average Bonchev–Trinajstić information content (AvgIpc) is 2.74. The van der Waals surface area contributed by atoms with Crippen LogP contribution < -0.4 is 0 Å². The molecule has 0 N–H and O–H groups in total. The summed E-state index contributed by atoms with van der Waals surface area (Å²) < 4.78 is 26.7. The summed E-state index contributed by atoms with van der Waals surface area (Å²) >= 11 is 11.8. The van der Waals surface area contributed by atoms with E-state index in [9.17, 15) is 8.60 Å². The van der Waals surface area contributed by atoms with Gasteiger partial charge in [0.05, 0.1) is 21.9 Å². The summed E-state index contributed by atoms with van der Waals surface area (Å²) in [4.78, 5) is 4.34. The standard InChI is InChI=1S/C13H15Cl2FN2OS/c1-8(3-4-20(2)19)18-12-5-9(15)10(16)6-11(12)17-13(18)7-14/h5-6,8H,3-4,7H2,1-2H3. The summed E-state index contributed by atoms with van der Waals surface area (Å²) in [6, 6.07) is 2.95. The van der Waals surface area contributed by atoms with Crippen LogP contribution >= 0.6 is 23.2 Å². The Morgan fingerprint density at radius 2 is 2.20 bits per heavy atom. The number of benzene rings is 1. The molecule has 0 amide bonds. The molecule has 3 nitrogen and oxygen atoms in total. The molecule has 7 heteroatoms. The zero-order valence-corrected chi connectivity index (χ0v) is 13.5. The van der Waals surface area contributed by atoms with Crippen molar-refractivity contribution in [2.45, 2.75) is 25.3 Å². The summed E-state index contributed by atoms with van der Waals surface area (Å²) in [5, 5.41) is 0.0611. The number of imidazole rings is 1. The molecular formula is C13H15Cl2FN2OS. The van der Waals surface area contributed by atoms with Crippen molar-refractivity contribution in [1.82, 2.24) is 9.55 Å². The number of nitrogens with zero attached hydrogens (tertiary/aromatic N) is 2. The molecule has 2 aromatic rings. The highest BCUT2D eigenvalue weighted by Gasteiger charge is 2.17. The van der Waals surface area contributed by atoms with Crippen LogP contribution in [0.1, 0.15) is 25.2 Å². The predicted molar refractivity (Wildman–Crippen MR) is 82.5 cm³/mol. The SMILES string of the molecule is CC(CCS(C)=O)n1c(CCl)nc2cc(F)c(Cl)cc21. The van der Waals surface area contributed by atoms with Gasteiger partial charge in [0.15, 0.2) is 0 Å². The quantitative estimate of drug-likeness (QED) is 0.776. The second kappa shape index (κ2) is 6.41. The zero-order valence-electron chi connectivity index (χ0n) is 11.2. The van der Waals surface area contributed by atoms with Gasteiger partial charge in [-0.1, -0.05) is 11.6 Å². The Labute approximate surface area is 129 Å². The number of halogens is 3. The fourth-order valence-corrected chi connectivity index (χ4v) is 3.21. The van der Waals surface area contributed by atoms with Crippen LogP contribution in [-0.2, 0) is 16.7 Å². The number of alkyl halides is 1. The molecule has 2 atom stereocenters. The lowest BCUT2D eigenvalue weighted by molar-refractivity contribution is 0.530. The Hall–Kier alpha value is -0.650. The third kappa shape index (κ3) is 3.15. The van der Waals surface area contributed by atoms with Crippen LogP contribution in [0.2, 0.25) is 5.02 Å².